The molecular weight excluding hydrogens is 1010 g/mol. The van der Waals surface area contributed by atoms with Crippen LogP contribution in [0.5, 0.6) is 0 Å². The summed E-state index contributed by atoms with van der Waals surface area (Å²) in [4.78, 5) is 37.8. The summed E-state index contributed by atoms with van der Waals surface area (Å²) in [7, 11) is 1.51. The van der Waals surface area contributed by atoms with Crippen LogP contribution in [0.2, 0.25) is 0 Å². The molecule has 2 N–H and O–H groups in total. The molecule has 0 aliphatic rings. The number of nitrogens with zero attached hydrogens (tertiary/aromatic N) is 1. The molecule has 0 aromatic carbocycles. The van der Waals surface area contributed by atoms with E-state index in [9.17, 15) is 19.0 Å². The first-order valence-corrected chi connectivity index (χ1v) is 36.3. The second kappa shape index (κ2) is 60.4. The molecule has 1 amide bonds. The van der Waals surface area contributed by atoms with Crippen LogP contribution in [0, 0.1) is 0 Å². The van der Waals surface area contributed by atoms with Crippen molar-refractivity contribution in [2.45, 2.75) is 360 Å². The number of ether oxygens (including phenoxy) is 1. The maximum Gasteiger partial charge on any atom is 0.472 e. The highest BCUT2D eigenvalue weighted by molar-refractivity contribution is 7.47. The van der Waals surface area contributed by atoms with E-state index in [0.717, 1.165) is 64.2 Å². The molecule has 0 aromatic heterocycles. The van der Waals surface area contributed by atoms with E-state index >= 15 is 0 Å². The summed E-state index contributed by atoms with van der Waals surface area (Å²) < 4.78 is 30.8. The molecule has 0 radical (unpaired) electrons. The summed E-state index contributed by atoms with van der Waals surface area (Å²) in [5.74, 6) is -0.486. The molecule has 0 saturated heterocycles. The Bertz CT molecular complexity index is 1460. The first-order valence-electron chi connectivity index (χ1n) is 34.8. The van der Waals surface area contributed by atoms with Gasteiger partial charge in [-0.3, -0.25) is 18.6 Å². The molecule has 472 valence electrons. The van der Waals surface area contributed by atoms with E-state index in [1.807, 2.05) is 33.3 Å². The van der Waals surface area contributed by atoms with E-state index in [0.29, 0.717) is 23.9 Å². The van der Waals surface area contributed by atoms with Gasteiger partial charge in [-0.1, -0.05) is 308 Å². The molecule has 0 spiro atoms. The van der Waals surface area contributed by atoms with Gasteiger partial charge in [0.15, 0.2) is 0 Å². The lowest BCUT2D eigenvalue weighted by Crippen LogP contribution is -2.47. The van der Waals surface area contributed by atoms with E-state index in [2.05, 4.69) is 50.4 Å². The smallest absolute Gasteiger partial charge is 0.456 e. The molecule has 0 fully saturated rings. The molecular formula is C70H136N2O7P+. The number of phosphoric acid groups is 1. The van der Waals surface area contributed by atoms with Crippen LogP contribution in [0.15, 0.2) is 36.5 Å². The topological polar surface area (TPSA) is 111 Å². The average molecular weight is 1150 g/mol. The van der Waals surface area contributed by atoms with Crippen LogP contribution in [-0.4, -0.2) is 74.3 Å². The van der Waals surface area contributed by atoms with Crippen LogP contribution in [0.25, 0.3) is 0 Å². The zero-order chi connectivity index (χ0) is 58.6. The monoisotopic (exact) mass is 1150 g/mol. The third kappa shape index (κ3) is 60.8. The predicted molar refractivity (Wildman–Crippen MR) is 346 cm³/mol. The lowest BCUT2D eigenvalue weighted by Gasteiger charge is -2.27. The minimum absolute atomic E-state index is 0.0438. The summed E-state index contributed by atoms with van der Waals surface area (Å²) in [6.07, 6.45) is 74.4. The van der Waals surface area contributed by atoms with Gasteiger partial charge in [0.05, 0.1) is 33.8 Å². The van der Waals surface area contributed by atoms with Crippen LogP contribution in [-0.2, 0) is 27.9 Å². The molecule has 3 atom stereocenters. The van der Waals surface area contributed by atoms with Gasteiger partial charge in [-0.25, -0.2) is 4.57 Å². The Kier molecular flexibility index (Phi) is 59.0. The van der Waals surface area contributed by atoms with Gasteiger partial charge < -0.3 is 19.4 Å². The van der Waals surface area contributed by atoms with Gasteiger partial charge in [-0.15, -0.1) is 0 Å². The van der Waals surface area contributed by atoms with Crippen LogP contribution in [0.4, 0.5) is 0 Å². The second-order valence-electron chi connectivity index (χ2n) is 25.1. The van der Waals surface area contributed by atoms with Crippen LogP contribution < -0.4 is 5.32 Å². The fourth-order valence-corrected chi connectivity index (χ4v) is 11.2. The maximum absolute atomic E-state index is 13.6. The molecule has 0 bridgehead atoms. The normalized spacial score (nSPS) is 13.7. The molecule has 0 rings (SSSR count). The molecule has 0 aromatic rings. The molecule has 0 saturated carbocycles. The van der Waals surface area contributed by atoms with Gasteiger partial charge in [-0.2, -0.15) is 0 Å². The largest absolute Gasteiger partial charge is 0.472 e. The number of likely N-dealkylation sites (N-methyl/N-ethyl adjacent to an activating group) is 1. The fraction of sp³-hybridized carbons (Fsp3) is 0.886. The Morgan fingerprint density at radius 1 is 0.438 bits per heavy atom. The quantitative estimate of drug-likeness (QED) is 0.0205. The van der Waals surface area contributed by atoms with Crippen molar-refractivity contribution in [3.63, 3.8) is 0 Å². The highest BCUT2D eigenvalue weighted by atomic mass is 31.2. The van der Waals surface area contributed by atoms with Crippen molar-refractivity contribution < 1.29 is 37.3 Å². The minimum Gasteiger partial charge on any atom is -0.456 e. The Balaban J connectivity index is 4.94. The number of carbonyl (C=O) groups is 2. The number of rotatable bonds is 64. The summed E-state index contributed by atoms with van der Waals surface area (Å²) in [6, 6.07) is -0.843. The summed E-state index contributed by atoms with van der Waals surface area (Å²) >= 11 is 0. The van der Waals surface area contributed by atoms with Crippen molar-refractivity contribution in [3.8, 4) is 0 Å². The second-order valence-corrected chi connectivity index (χ2v) is 26.5. The van der Waals surface area contributed by atoms with Gasteiger partial charge in [0.25, 0.3) is 0 Å². The van der Waals surface area contributed by atoms with Crippen LogP contribution in [0.1, 0.15) is 348 Å². The third-order valence-corrected chi connectivity index (χ3v) is 16.8. The van der Waals surface area contributed by atoms with Crippen LogP contribution >= 0.6 is 7.82 Å². The molecule has 0 heterocycles. The van der Waals surface area contributed by atoms with E-state index < -0.39 is 20.0 Å². The van der Waals surface area contributed by atoms with E-state index in [-0.39, 0.29) is 25.1 Å². The van der Waals surface area contributed by atoms with Gasteiger partial charge in [-0.05, 0) is 63.9 Å². The van der Waals surface area contributed by atoms with Gasteiger partial charge >= 0.3 is 13.8 Å². The lowest BCUT2D eigenvalue weighted by molar-refractivity contribution is -0.870. The molecule has 3 unspecified atom stereocenters. The Labute approximate surface area is 497 Å². The number of carbonyl (C=O) groups excluding carboxylic acids is 2. The first kappa shape index (κ1) is 78.2. The number of phosphoric ester groups is 1. The maximum atomic E-state index is 13.6. The number of hydrogen-bond acceptors (Lipinski definition) is 6. The van der Waals surface area contributed by atoms with Gasteiger partial charge in [0.1, 0.15) is 19.3 Å². The molecule has 9 nitrogen and oxygen atoms in total. The zero-order valence-corrected chi connectivity index (χ0v) is 55.0. The third-order valence-electron chi connectivity index (χ3n) is 15.8. The van der Waals surface area contributed by atoms with Crippen LogP contribution in [0.3, 0.4) is 0 Å². The highest BCUT2D eigenvalue weighted by Crippen LogP contribution is 2.43. The Morgan fingerprint density at radius 3 is 1.15 bits per heavy atom. The molecule has 0 aliphatic carbocycles. The SMILES string of the molecule is CCCCC/C=C\C/C=C\CCCCCCCCCCCCCCCCCCCC(=O)OC(/C=C\CCCCCCCCCCC)C(COP(=O)(O)OCC[N+](C)(C)C)NC(=O)CCCCCCCCCCCCCCCCCC. The number of amides is 1. The predicted octanol–water partition coefficient (Wildman–Crippen LogP) is 21.8. The number of quaternary nitrogens is 1. The van der Waals surface area contributed by atoms with Crippen molar-refractivity contribution in [2.24, 2.45) is 0 Å². The molecule has 10 heteroatoms. The van der Waals surface area contributed by atoms with Crippen molar-refractivity contribution in [1.29, 1.82) is 0 Å². The average Bonchev–Trinajstić information content (AvgIpc) is 3.43. The standard InChI is InChI=1S/C70H135N2O7P/c1-7-10-13-16-19-22-25-27-29-31-32-33-34-35-36-37-38-39-40-41-43-45-48-51-54-57-60-63-70(74)79-68(61-58-55-52-49-46-24-21-18-15-12-9-3)67(66-78-80(75,76)77-65-64-72(4,5)6)71-69(73)62-59-56-53-50-47-44-42-30-28-26-23-20-17-14-11-8-2/h19,22,27,29,58,61,67-68H,7-18,20-21,23-26,28,30-57,59-60,62-66H2,1-6H3,(H-,71,73,75,76)/p+1/b22-19-,29-27-,61-58-. The van der Waals surface area contributed by atoms with E-state index in [4.69, 9.17) is 13.8 Å². The Hall–Kier alpha value is -1.77. The minimum atomic E-state index is -4.44. The number of unbranched alkanes of at least 4 members (excludes halogenated alkanes) is 44. The lowest BCUT2D eigenvalue weighted by atomic mass is 10.0. The van der Waals surface area contributed by atoms with Crippen molar-refractivity contribution in [2.75, 3.05) is 40.9 Å². The summed E-state index contributed by atoms with van der Waals surface area (Å²) in [6.45, 7) is 7.04. The summed E-state index contributed by atoms with van der Waals surface area (Å²) in [5, 5.41) is 3.07. The van der Waals surface area contributed by atoms with E-state index in [1.54, 1.807) is 0 Å². The van der Waals surface area contributed by atoms with Crippen molar-refractivity contribution in [3.05, 3.63) is 36.5 Å². The van der Waals surface area contributed by atoms with E-state index in [1.165, 1.54) is 250 Å². The number of esters is 1. The number of nitrogens with one attached hydrogen (secondary N) is 1. The number of allylic oxidation sites excluding steroid dienone is 5. The zero-order valence-electron chi connectivity index (χ0n) is 54.1. The highest BCUT2D eigenvalue weighted by Gasteiger charge is 2.30. The number of hydrogen-bond donors (Lipinski definition) is 2. The van der Waals surface area contributed by atoms with Crippen molar-refractivity contribution in [1.82, 2.24) is 5.32 Å². The first-order chi connectivity index (χ1) is 38.9. The van der Waals surface area contributed by atoms with Gasteiger partial charge in [0, 0.05) is 12.8 Å². The summed E-state index contributed by atoms with van der Waals surface area (Å²) in [5.41, 5.74) is 0. The molecule has 80 heavy (non-hydrogen) atoms. The Morgan fingerprint density at radius 2 is 0.762 bits per heavy atom. The van der Waals surface area contributed by atoms with Gasteiger partial charge in [0.2, 0.25) is 5.91 Å². The fourth-order valence-electron chi connectivity index (χ4n) is 10.4. The van der Waals surface area contributed by atoms with Crippen molar-refractivity contribution >= 4 is 19.7 Å². The molecule has 0 aliphatic heterocycles.